The largest absolute Gasteiger partial charge is 0.389 e. The fraction of sp³-hybridized carbons (Fsp3) is 1.00. The van der Waals surface area contributed by atoms with Crippen LogP contribution in [0.25, 0.3) is 0 Å². The van der Waals surface area contributed by atoms with Gasteiger partial charge >= 0.3 is 0 Å². The highest BCUT2D eigenvalue weighted by molar-refractivity contribution is 4.67. The molecule has 0 fully saturated rings. The van der Waals surface area contributed by atoms with Crippen molar-refractivity contribution in [2.24, 2.45) is 5.92 Å². The van der Waals surface area contributed by atoms with Crippen LogP contribution in [0.15, 0.2) is 0 Å². The Morgan fingerprint density at radius 2 is 1.88 bits per heavy atom. The second kappa shape index (κ2) is 10.0. The van der Waals surface area contributed by atoms with Crippen molar-refractivity contribution in [2.75, 3.05) is 33.5 Å². The van der Waals surface area contributed by atoms with E-state index in [1.54, 1.807) is 7.11 Å². The van der Waals surface area contributed by atoms with E-state index in [2.05, 4.69) is 26.1 Å². The van der Waals surface area contributed by atoms with Crippen LogP contribution < -0.4 is 5.32 Å². The van der Waals surface area contributed by atoms with Gasteiger partial charge in [-0.1, -0.05) is 20.8 Å². The summed E-state index contributed by atoms with van der Waals surface area (Å²) in [4.78, 5) is 0. The number of nitrogens with one attached hydrogen (secondary N) is 1. The van der Waals surface area contributed by atoms with E-state index in [4.69, 9.17) is 9.47 Å². The van der Waals surface area contributed by atoms with E-state index >= 15 is 0 Å². The first-order valence-electron chi connectivity index (χ1n) is 6.08. The van der Waals surface area contributed by atoms with E-state index in [9.17, 15) is 5.11 Å². The van der Waals surface area contributed by atoms with Crippen LogP contribution in [-0.4, -0.2) is 50.7 Å². The van der Waals surface area contributed by atoms with Crippen LogP contribution in [0.2, 0.25) is 0 Å². The highest BCUT2D eigenvalue weighted by atomic mass is 16.5. The minimum atomic E-state index is -0.440. The normalized spacial score (nSPS) is 15.4. The first-order valence-corrected chi connectivity index (χ1v) is 6.08. The van der Waals surface area contributed by atoms with Crippen molar-refractivity contribution in [1.29, 1.82) is 0 Å². The zero-order chi connectivity index (χ0) is 12.4. The summed E-state index contributed by atoms with van der Waals surface area (Å²) in [6.07, 6.45) is 0.553. The Morgan fingerprint density at radius 3 is 2.38 bits per heavy atom. The standard InChI is InChI=1S/C12H27NO3/c1-5-11(8-15-4)13-6-12(14)9-16-7-10(2)3/h10-14H,5-9H2,1-4H3. The van der Waals surface area contributed by atoms with Gasteiger partial charge in [0.15, 0.2) is 0 Å². The number of hydrogen-bond acceptors (Lipinski definition) is 4. The Hall–Kier alpha value is -0.160. The summed E-state index contributed by atoms with van der Waals surface area (Å²) in [7, 11) is 1.69. The summed E-state index contributed by atoms with van der Waals surface area (Å²) in [6, 6.07) is 0.310. The molecule has 0 saturated carbocycles. The minimum absolute atomic E-state index is 0.310. The Balaban J connectivity index is 3.50. The van der Waals surface area contributed by atoms with Crippen molar-refractivity contribution < 1.29 is 14.6 Å². The van der Waals surface area contributed by atoms with E-state index in [1.165, 1.54) is 0 Å². The lowest BCUT2D eigenvalue weighted by Gasteiger charge is -2.19. The van der Waals surface area contributed by atoms with Gasteiger partial charge in [-0.15, -0.1) is 0 Å². The molecule has 2 unspecified atom stereocenters. The number of rotatable bonds is 10. The summed E-state index contributed by atoms with van der Waals surface area (Å²) in [5.74, 6) is 0.511. The second-order valence-corrected chi connectivity index (χ2v) is 4.55. The van der Waals surface area contributed by atoms with Gasteiger partial charge in [-0.05, 0) is 12.3 Å². The summed E-state index contributed by atoms with van der Waals surface area (Å²) in [5, 5.41) is 12.9. The van der Waals surface area contributed by atoms with E-state index in [1.807, 2.05) is 0 Å². The monoisotopic (exact) mass is 233 g/mol. The van der Waals surface area contributed by atoms with E-state index in [-0.39, 0.29) is 0 Å². The fourth-order valence-electron chi connectivity index (χ4n) is 1.32. The van der Waals surface area contributed by atoms with Crippen LogP contribution >= 0.6 is 0 Å². The molecule has 0 saturated heterocycles. The molecule has 16 heavy (non-hydrogen) atoms. The summed E-state index contributed by atoms with van der Waals surface area (Å²) in [5.41, 5.74) is 0. The van der Waals surface area contributed by atoms with Crippen molar-refractivity contribution in [3.63, 3.8) is 0 Å². The molecule has 0 rings (SSSR count). The van der Waals surface area contributed by atoms with Crippen molar-refractivity contribution in [3.05, 3.63) is 0 Å². The second-order valence-electron chi connectivity index (χ2n) is 4.55. The van der Waals surface area contributed by atoms with Gasteiger partial charge in [0.25, 0.3) is 0 Å². The lowest BCUT2D eigenvalue weighted by Crippen LogP contribution is -2.39. The molecule has 4 nitrogen and oxygen atoms in total. The number of aliphatic hydroxyl groups excluding tert-OH is 1. The predicted molar refractivity (Wildman–Crippen MR) is 65.6 cm³/mol. The topological polar surface area (TPSA) is 50.7 Å². The molecule has 2 atom stereocenters. The molecule has 0 aliphatic carbocycles. The molecule has 0 heterocycles. The van der Waals surface area contributed by atoms with Gasteiger partial charge in [0.2, 0.25) is 0 Å². The summed E-state index contributed by atoms with van der Waals surface area (Å²) in [6.45, 7) is 8.61. The molecular formula is C12H27NO3. The van der Waals surface area contributed by atoms with Crippen molar-refractivity contribution in [2.45, 2.75) is 39.3 Å². The first-order chi connectivity index (χ1) is 7.60. The average molecular weight is 233 g/mol. The van der Waals surface area contributed by atoms with Gasteiger partial charge in [-0.3, -0.25) is 0 Å². The molecule has 2 N–H and O–H groups in total. The Labute approximate surface area is 99.3 Å². The third-order valence-corrected chi connectivity index (χ3v) is 2.26. The molecule has 0 amide bonds. The maximum absolute atomic E-state index is 9.65. The number of methoxy groups -OCH3 is 1. The Kier molecular flexibility index (Phi) is 9.92. The van der Waals surface area contributed by atoms with Crippen LogP contribution in [0.4, 0.5) is 0 Å². The lowest BCUT2D eigenvalue weighted by atomic mass is 10.2. The van der Waals surface area contributed by atoms with Gasteiger partial charge < -0.3 is 19.9 Å². The number of aliphatic hydroxyl groups is 1. The van der Waals surface area contributed by atoms with Gasteiger partial charge in [0.1, 0.15) is 0 Å². The molecule has 0 bridgehead atoms. The Morgan fingerprint density at radius 1 is 1.19 bits per heavy atom. The molecule has 0 aliphatic rings. The predicted octanol–water partition coefficient (Wildman–Crippen LogP) is 1.03. The quantitative estimate of drug-likeness (QED) is 0.592. The maximum Gasteiger partial charge on any atom is 0.0897 e. The lowest BCUT2D eigenvalue weighted by molar-refractivity contribution is 0.0233. The summed E-state index contributed by atoms with van der Waals surface area (Å²) < 4.78 is 10.4. The van der Waals surface area contributed by atoms with E-state index < -0.39 is 6.10 Å². The molecule has 0 aromatic rings. The smallest absolute Gasteiger partial charge is 0.0897 e. The third-order valence-electron chi connectivity index (χ3n) is 2.26. The highest BCUT2D eigenvalue weighted by Crippen LogP contribution is 1.95. The molecule has 0 aromatic heterocycles. The number of ether oxygens (including phenoxy) is 2. The zero-order valence-electron chi connectivity index (χ0n) is 11.0. The van der Waals surface area contributed by atoms with Gasteiger partial charge in [-0.25, -0.2) is 0 Å². The van der Waals surface area contributed by atoms with E-state index in [0.717, 1.165) is 6.42 Å². The van der Waals surface area contributed by atoms with Crippen molar-refractivity contribution >= 4 is 0 Å². The number of hydrogen-bond donors (Lipinski definition) is 2. The molecule has 4 heteroatoms. The molecule has 98 valence electrons. The first kappa shape index (κ1) is 15.8. The highest BCUT2D eigenvalue weighted by Gasteiger charge is 2.09. The summed E-state index contributed by atoms with van der Waals surface area (Å²) >= 11 is 0. The zero-order valence-corrected chi connectivity index (χ0v) is 11.0. The average Bonchev–Trinajstić information content (AvgIpc) is 2.23. The minimum Gasteiger partial charge on any atom is -0.389 e. The molecule has 0 spiro atoms. The SMILES string of the molecule is CCC(COC)NCC(O)COCC(C)C. The van der Waals surface area contributed by atoms with Crippen LogP contribution in [0, 0.1) is 5.92 Å². The molecule has 0 aromatic carbocycles. The van der Waals surface area contributed by atoms with Gasteiger partial charge in [-0.2, -0.15) is 0 Å². The van der Waals surface area contributed by atoms with Gasteiger partial charge in [0.05, 0.1) is 19.3 Å². The van der Waals surface area contributed by atoms with Crippen LogP contribution in [0.5, 0.6) is 0 Å². The Bertz CT molecular complexity index is 153. The van der Waals surface area contributed by atoms with Crippen molar-refractivity contribution in [1.82, 2.24) is 5.32 Å². The molecular weight excluding hydrogens is 206 g/mol. The van der Waals surface area contributed by atoms with Crippen molar-refractivity contribution in [3.8, 4) is 0 Å². The fourth-order valence-corrected chi connectivity index (χ4v) is 1.32. The van der Waals surface area contributed by atoms with Crippen LogP contribution in [0.1, 0.15) is 27.2 Å². The van der Waals surface area contributed by atoms with E-state index in [0.29, 0.717) is 38.3 Å². The molecule has 0 radical (unpaired) electrons. The molecule has 0 aliphatic heterocycles. The maximum atomic E-state index is 9.65. The van der Waals surface area contributed by atoms with Gasteiger partial charge in [0, 0.05) is 26.3 Å². The third kappa shape index (κ3) is 9.09. The van der Waals surface area contributed by atoms with Crippen LogP contribution in [-0.2, 0) is 9.47 Å². The van der Waals surface area contributed by atoms with Crippen LogP contribution in [0.3, 0.4) is 0 Å².